The first-order chi connectivity index (χ1) is 15.6. The number of benzene rings is 2. The Balaban J connectivity index is 1.64. The largest absolute Gasteiger partial charge is 0.497 e. The Labute approximate surface area is 190 Å². The van der Waals surface area contributed by atoms with E-state index in [4.69, 9.17) is 9.73 Å². The number of aromatic nitrogens is 3. The molecule has 3 aromatic rings. The molecule has 7 heteroatoms. The molecule has 1 aromatic heterocycles. The van der Waals surface area contributed by atoms with Crippen LogP contribution in [0, 0.1) is 6.92 Å². The van der Waals surface area contributed by atoms with E-state index in [-0.39, 0.29) is 6.04 Å². The van der Waals surface area contributed by atoms with Crippen molar-refractivity contribution in [2.24, 2.45) is 4.99 Å². The number of nitrogens with zero attached hydrogens (tertiary/aromatic N) is 4. The highest BCUT2D eigenvalue weighted by Crippen LogP contribution is 2.16. The molecule has 1 atom stereocenters. The number of aryl methyl sites for hydroxylation is 2. The second-order valence-electron chi connectivity index (χ2n) is 7.77. The van der Waals surface area contributed by atoms with Gasteiger partial charge in [-0.2, -0.15) is 0 Å². The number of aliphatic imine (C=N–C) groups is 1. The molecule has 0 aliphatic rings. The number of rotatable bonds is 10. The van der Waals surface area contributed by atoms with Gasteiger partial charge in [0, 0.05) is 26.1 Å². The Morgan fingerprint density at radius 1 is 1.16 bits per heavy atom. The third kappa shape index (κ3) is 6.57. The highest BCUT2D eigenvalue weighted by atomic mass is 16.5. The normalized spacial score (nSPS) is 12.4. The van der Waals surface area contributed by atoms with Crippen LogP contribution in [0.15, 0.2) is 59.9 Å². The van der Waals surface area contributed by atoms with Crippen LogP contribution in [0.2, 0.25) is 0 Å². The molecule has 2 N–H and O–H groups in total. The fourth-order valence-electron chi connectivity index (χ4n) is 3.63. The van der Waals surface area contributed by atoms with Crippen LogP contribution in [-0.4, -0.2) is 40.9 Å². The van der Waals surface area contributed by atoms with Crippen molar-refractivity contribution in [3.8, 4) is 5.75 Å². The lowest BCUT2D eigenvalue weighted by molar-refractivity contribution is 0.414. The Bertz CT molecular complexity index is 996. The highest BCUT2D eigenvalue weighted by Gasteiger charge is 2.10. The van der Waals surface area contributed by atoms with Crippen LogP contribution in [0.1, 0.15) is 42.4 Å². The van der Waals surface area contributed by atoms with Gasteiger partial charge >= 0.3 is 0 Å². The molecule has 0 saturated heterocycles. The summed E-state index contributed by atoms with van der Waals surface area (Å²) in [5.41, 5.74) is 3.77. The molecule has 0 saturated carbocycles. The maximum absolute atomic E-state index is 5.24. The fraction of sp³-hybridized carbons (Fsp3) is 0.400. The second-order valence-corrected chi connectivity index (χ2v) is 7.77. The Morgan fingerprint density at radius 3 is 2.66 bits per heavy atom. The van der Waals surface area contributed by atoms with Gasteiger partial charge in [-0.05, 0) is 49.1 Å². The predicted molar refractivity (Wildman–Crippen MR) is 129 cm³/mol. The zero-order valence-corrected chi connectivity index (χ0v) is 19.5. The molecular formula is C25H34N6O. The molecule has 3 rings (SSSR count). The molecule has 0 aliphatic carbocycles. The number of nitrogens with one attached hydrogen (secondary N) is 2. The van der Waals surface area contributed by atoms with Gasteiger partial charge in [0.1, 0.15) is 17.9 Å². The van der Waals surface area contributed by atoms with E-state index in [0.717, 1.165) is 43.5 Å². The summed E-state index contributed by atoms with van der Waals surface area (Å²) in [6.07, 6.45) is 3.51. The van der Waals surface area contributed by atoms with Gasteiger partial charge in [0.05, 0.1) is 13.2 Å². The summed E-state index contributed by atoms with van der Waals surface area (Å²) < 4.78 is 7.32. The summed E-state index contributed by atoms with van der Waals surface area (Å²) in [5.74, 6) is 2.67. The first-order valence-corrected chi connectivity index (χ1v) is 11.2. The molecule has 0 radical (unpaired) electrons. The number of hydrogen-bond acceptors (Lipinski definition) is 4. The van der Waals surface area contributed by atoms with Gasteiger partial charge in [-0.25, -0.2) is 0 Å². The van der Waals surface area contributed by atoms with Gasteiger partial charge in [0.15, 0.2) is 5.96 Å². The van der Waals surface area contributed by atoms with Gasteiger partial charge in [-0.15, -0.1) is 10.2 Å². The van der Waals surface area contributed by atoms with Crippen molar-refractivity contribution >= 4 is 5.96 Å². The average Bonchev–Trinajstić information content (AvgIpc) is 3.27. The van der Waals surface area contributed by atoms with Gasteiger partial charge in [-0.3, -0.25) is 4.99 Å². The summed E-state index contributed by atoms with van der Waals surface area (Å²) in [4.78, 5) is 4.84. The number of ether oxygens (including phenoxy) is 1. The van der Waals surface area contributed by atoms with Crippen LogP contribution in [-0.2, 0) is 19.4 Å². The third-order valence-corrected chi connectivity index (χ3v) is 5.49. The molecule has 1 heterocycles. The lowest BCUT2D eigenvalue weighted by atomic mass is 10.0. The molecule has 0 spiro atoms. The van der Waals surface area contributed by atoms with E-state index in [0.29, 0.717) is 6.54 Å². The lowest BCUT2D eigenvalue weighted by Crippen LogP contribution is -2.40. The van der Waals surface area contributed by atoms with Crippen molar-refractivity contribution in [1.82, 2.24) is 25.4 Å². The van der Waals surface area contributed by atoms with Crippen LogP contribution < -0.4 is 15.4 Å². The van der Waals surface area contributed by atoms with Crippen molar-refractivity contribution in [2.45, 2.75) is 46.2 Å². The molecule has 0 aliphatic heterocycles. The first kappa shape index (κ1) is 23.3. The Kier molecular flexibility index (Phi) is 8.66. The molecule has 1 unspecified atom stereocenters. The van der Waals surface area contributed by atoms with Gasteiger partial charge in [0.2, 0.25) is 0 Å². The van der Waals surface area contributed by atoms with Gasteiger partial charge in [0.25, 0.3) is 0 Å². The average molecular weight is 435 g/mol. The minimum atomic E-state index is 0.143. The molecular weight excluding hydrogens is 400 g/mol. The summed E-state index contributed by atoms with van der Waals surface area (Å²) in [5, 5.41) is 15.2. The highest BCUT2D eigenvalue weighted by molar-refractivity contribution is 5.80. The van der Waals surface area contributed by atoms with E-state index in [2.05, 4.69) is 82.6 Å². The van der Waals surface area contributed by atoms with Crippen LogP contribution in [0.5, 0.6) is 5.75 Å². The molecule has 0 bridgehead atoms. The SMILES string of the molecule is CCc1nncn1CCNC(=NCCc1ccc(OC)cc1)NC(C)c1ccccc1C. The molecule has 0 amide bonds. The Morgan fingerprint density at radius 2 is 1.94 bits per heavy atom. The van der Waals surface area contributed by atoms with Crippen molar-refractivity contribution in [3.63, 3.8) is 0 Å². The summed E-state index contributed by atoms with van der Waals surface area (Å²) in [6, 6.07) is 16.7. The topological polar surface area (TPSA) is 76.4 Å². The third-order valence-electron chi connectivity index (χ3n) is 5.49. The van der Waals surface area contributed by atoms with Crippen molar-refractivity contribution < 1.29 is 4.74 Å². The quantitative estimate of drug-likeness (QED) is 0.376. The maximum atomic E-state index is 5.24. The zero-order chi connectivity index (χ0) is 22.8. The van der Waals surface area contributed by atoms with Crippen LogP contribution in [0.4, 0.5) is 0 Å². The van der Waals surface area contributed by atoms with Crippen molar-refractivity contribution in [3.05, 3.63) is 77.4 Å². The minimum Gasteiger partial charge on any atom is -0.497 e. The van der Waals surface area contributed by atoms with Gasteiger partial charge < -0.3 is 19.9 Å². The van der Waals surface area contributed by atoms with Crippen molar-refractivity contribution in [1.29, 1.82) is 0 Å². The fourth-order valence-corrected chi connectivity index (χ4v) is 3.63. The number of methoxy groups -OCH3 is 1. The first-order valence-electron chi connectivity index (χ1n) is 11.2. The van der Waals surface area contributed by atoms with E-state index in [1.807, 2.05) is 12.1 Å². The van der Waals surface area contributed by atoms with Gasteiger partial charge in [-0.1, -0.05) is 43.3 Å². The summed E-state index contributed by atoms with van der Waals surface area (Å²) in [7, 11) is 1.68. The molecule has 2 aromatic carbocycles. The molecule has 7 nitrogen and oxygen atoms in total. The van der Waals surface area contributed by atoms with E-state index in [1.165, 1.54) is 16.7 Å². The summed E-state index contributed by atoms with van der Waals surface area (Å²) in [6.45, 7) is 8.60. The molecule has 170 valence electrons. The Hall–Kier alpha value is -3.35. The van der Waals surface area contributed by atoms with Crippen molar-refractivity contribution in [2.75, 3.05) is 20.2 Å². The molecule has 32 heavy (non-hydrogen) atoms. The number of hydrogen-bond donors (Lipinski definition) is 2. The standard InChI is InChI=1S/C25H34N6O/c1-5-24-30-28-18-31(24)17-16-27-25(29-20(3)23-9-7-6-8-19(23)2)26-15-14-21-10-12-22(32-4)13-11-21/h6-13,18,20H,5,14-17H2,1-4H3,(H2,26,27,29). The summed E-state index contributed by atoms with van der Waals surface area (Å²) >= 11 is 0. The van der Waals surface area contributed by atoms with E-state index in [1.54, 1.807) is 13.4 Å². The van der Waals surface area contributed by atoms with E-state index in [9.17, 15) is 0 Å². The predicted octanol–water partition coefficient (Wildman–Crippen LogP) is 3.70. The smallest absolute Gasteiger partial charge is 0.191 e. The van der Waals surface area contributed by atoms with Crippen LogP contribution in [0.25, 0.3) is 0 Å². The van der Waals surface area contributed by atoms with Crippen LogP contribution >= 0.6 is 0 Å². The van der Waals surface area contributed by atoms with Crippen LogP contribution in [0.3, 0.4) is 0 Å². The second kappa shape index (κ2) is 11.9. The maximum Gasteiger partial charge on any atom is 0.191 e. The minimum absolute atomic E-state index is 0.143. The number of guanidine groups is 1. The monoisotopic (exact) mass is 434 g/mol. The lowest BCUT2D eigenvalue weighted by Gasteiger charge is -2.20. The molecule has 0 fully saturated rings. The zero-order valence-electron chi connectivity index (χ0n) is 19.5. The van der Waals surface area contributed by atoms with E-state index >= 15 is 0 Å². The van der Waals surface area contributed by atoms with E-state index < -0.39 is 0 Å².